The lowest BCUT2D eigenvalue weighted by molar-refractivity contribution is -0.384. The largest absolute Gasteiger partial charge is 0.326 e. The van der Waals surface area contributed by atoms with Crippen molar-refractivity contribution in [2.75, 3.05) is 13.1 Å². The Morgan fingerprint density at radius 2 is 2.22 bits per heavy atom. The van der Waals surface area contributed by atoms with Gasteiger partial charge in [0.25, 0.3) is 5.69 Å². The molecule has 0 radical (unpaired) electrons. The molecule has 2 atom stereocenters. The molecule has 5 nitrogen and oxygen atoms in total. The van der Waals surface area contributed by atoms with E-state index in [0.717, 1.165) is 30.8 Å². The Morgan fingerprint density at radius 3 is 2.72 bits per heavy atom. The summed E-state index contributed by atoms with van der Waals surface area (Å²) >= 11 is 0. The van der Waals surface area contributed by atoms with Crippen molar-refractivity contribution in [1.82, 2.24) is 4.90 Å². The van der Waals surface area contributed by atoms with Gasteiger partial charge in [0.2, 0.25) is 0 Å². The molecule has 2 unspecified atom stereocenters. The molecule has 2 rings (SSSR count). The van der Waals surface area contributed by atoms with Crippen LogP contribution < -0.4 is 5.73 Å². The van der Waals surface area contributed by atoms with E-state index in [1.54, 1.807) is 12.1 Å². The van der Waals surface area contributed by atoms with Crippen LogP contribution in [0.15, 0.2) is 18.2 Å². The molecule has 1 aromatic carbocycles. The van der Waals surface area contributed by atoms with Crippen molar-refractivity contribution in [3.8, 4) is 0 Å². The van der Waals surface area contributed by atoms with E-state index in [1.807, 2.05) is 13.0 Å². The summed E-state index contributed by atoms with van der Waals surface area (Å²) in [6.45, 7) is 6.80. The molecular weight excluding hydrogens is 230 g/mol. The standard InChI is InChI=1S/C13H19N3O2/c1-9-5-12(16(17)18)4-3-11(9)7-15-6-10(2)13(14)8-15/h3-5,10,13H,6-8,14H2,1-2H3. The van der Waals surface area contributed by atoms with Gasteiger partial charge in [-0.2, -0.15) is 0 Å². The van der Waals surface area contributed by atoms with Gasteiger partial charge in [0.15, 0.2) is 0 Å². The van der Waals surface area contributed by atoms with Gasteiger partial charge in [-0.1, -0.05) is 13.0 Å². The van der Waals surface area contributed by atoms with Crippen LogP contribution in [-0.4, -0.2) is 29.0 Å². The first-order chi connectivity index (χ1) is 8.47. The Morgan fingerprint density at radius 1 is 1.50 bits per heavy atom. The second-order valence-electron chi connectivity index (χ2n) is 5.20. The maximum Gasteiger partial charge on any atom is 0.269 e. The van der Waals surface area contributed by atoms with Crippen LogP contribution in [-0.2, 0) is 6.54 Å². The van der Waals surface area contributed by atoms with Crippen LogP contribution in [0.2, 0.25) is 0 Å². The van der Waals surface area contributed by atoms with Crippen molar-refractivity contribution < 1.29 is 4.92 Å². The number of nitro groups is 1. The number of likely N-dealkylation sites (tertiary alicyclic amines) is 1. The highest BCUT2D eigenvalue weighted by atomic mass is 16.6. The smallest absolute Gasteiger partial charge is 0.269 e. The van der Waals surface area contributed by atoms with Gasteiger partial charge in [0.05, 0.1) is 4.92 Å². The number of rotatable bonds is 3. The molecule has 0 aliphatic carbocycles. The number of nitro benzene ring substituents is 1. The topological polar surface area (TPSA) is 72.4 Å². The molecule has 0 spiro atoms. The van der Waals surface area contributed by atoms with Gasteiger partial charge in [-0.3, -0.25) is 15.0 Å². The number of nitrogens with two attached hydrogens (primary N) is 1. The van der Waals surface area contributed by atoms with Crippen LogP contribution in [0.3, 0.4) is 0 Å². The van der Waals surface area contributed by atoms with Crippen LogP contribution in [0.5, 0.6) is 0 Å². The van der Waals surface area contributed by atoms with Gasteiger partial charge in [0, 0.05) is 37.8 Å². The minimum atomic E-state index is -0.357. The fourth-order valence-electron chi connectivity index (χ4n) is 2.44. The summed E-state index contributed by atoms with van der Waals surface area (Å²) in [4.78, 5) is 12.6. The van der Waals surface area contributed by atoms with Gasteiger partial charge in [0.1, 0.15) is 0 Å². The monoisotopic (exact) mass is 249 g/mol. The van der Waals surface area contributed by atoms with Gasteiger partial charge >= 0.3 is 0 Å². The number of hydrogen-bond donors (Lipinski definition) is 1. The van der Waals surface area contributed by atoms with Crippen molar-refractivity contribution in [1.29, 1.82) is 0 Å². The third-order valence-electron chi connectivity index (χ3n) is 3.68. The Hall–Kier alpha value is -1.46. The Balaban J connectivity index is 2.08. The Kier molecular flexibility index (Phi) is 3.63. The normalized spacial score (nSPS) is 24.4. The summed E-state index contributed by atoms with van der Waals surface area (Å²) in [5.74, 6) is 0.517. The highest BCUT2D eigenvalue weighted by Crippen LogP contribution is 2.21. The number of aryl methyl sites for hydroxylation is 1. The fourth-order valence-corrected chi connectivity index (χ4v) is 2.44. The highest BCUT2D eigenvalue weighted by molar-refractivity contribution is 5.39. The van der Waals surface area contributed by atoms with E-state index in [4.69, 9.17) is 5.73 Å². The lowest BCUT2D eigenvalue weighted by Gasteiger charge is -2.16. The average molecular weight is 249 g/mol. The van der Waals surface area contributed by atoms with E-state index >= 15 is 0 Å². The molecule has 0 amide bonds. The van der Waals surface area contributed by atoms with Crippen molar-refractivity contribution >= 4 is 5.69 Å². The van der Waals surface area contributed by atoms with Gasteiger partial charge in [-0.15, -0.1) is 0 Å². The van der Waals surface area contributed by atoms with E-state index in [2.05, 4.69) is 11.8 Å². The molecule has 1 heterocycles. The Bertz CT molecular complexity index is 452. The second-order valence-corrected chi connectivity index (χ2v) is 5.20. The first kappa shape index (κ1) is 13.0. The maximum absolute atomic E-state index is 10.7. The van der Waals surface area contributed by atoms with Crippen molar-refractivity contribution in [2.45, 2.75) is 26.4 Å². The molecular formula is C13H19N3O2. The number of nitrogens with zero attached hydrogens (tertiary/aromatic N) is 2. The van der Waals surface area contributed by atoms with Crippen LogP contribution in [0.1, 0.15) is 18.1 Å². The fraction of sp³-hybridized carbons (Fsp3) is 0.538. The van der Waals surface area contributed by atoms with E-state index in [1.165, 1.54) is 0 Å². The molecule has 1 fully saturated rings. The summed E-state index contributed by atoms with van der Waals surface area (Å²) in [5.41, 5.74) is 8.26. The van der Waals surface area contributed by atoms with Crippen molar-refractivity contribution in [2.24, 2.45) is 11.7 Å². The maximum atomic E-state index is 10.7. The van der Waals surface area contributed by atoms with Crippen molar-refractivity contribution in [3.63, 3.8) is 0 Å². The summed E-state index contributed by atoms with van der Waals surface area (Å²) in [6.07, 6.45) is 0. The quantitative estimate of drug-likeness (QED) is 0.653. The third-order valence-corrected chi connectivity index (χ3v) is 3.68. The van der Waals surface area contributed by atoms with E-state index < -0.39 is 0 Å². The minimum Gasteiger partial charge on any atom is -0.326 e. The summed E-state index contributed by atoms with van der Waals surface area (Å²) in [6, 6.07) is 5.29. The lowest BCUT2D eigenvalue weighted by atomic mass is 10.1. The first-order valence-electron chi connectivity index (χ1n) is 6.19. The molecule has 0 aromatic heterocycles. The molecule has 0 bridgehead atoms. The first-order valence-corrected chi connectivity index (χ1v) is 6.19. The predicted molar refractivity (Wildman–Crippen MR) is 70.2 cm³/mol. The summed E-state index contributed by atoms with van der Waals surface area (Å²) in [5, 5.41) is 10.7. The van der Waals surface area contributed by atoms with Crippen LogP contribution in [0.4, 0.5) is 5.69 Å². The summed E-state index contributed by atoms with van der Waals surface area (Å²) < 4.78 is 0. The predicted octanol–water partition coefficient (Wildman–Crippen LogP) is 1.68. The van der Waals surface area contributed by atoms with Gasteiger partial charge < -0.3 is 5.73 Å². The van der Waals surface area contributed by atoms with Crippen LogP contribution in [0.25, 0.3) is 0 Å². The molecule has 1 aliphatic rings. The van der Waals surface area contributed by atoms with E-state index in [9.17, 15) is 10.1 Å². The van der Waals surface area contributed by atoms with Crippen molar-refractivity contribution in [3.05, 3.63) is 39.4 Å². The van der Waals surface area contributed by atoms with Gasteiger partial charge in [-0.25, -0.2) is 0 Å². The van der Waals surface area contributed by atoms with Crippen LogP contribution >= 0.6 is 0 Å². The van der Waals surface area contributed by atoms with E-state index in [0.29, 0.717) is 5.92 Å². The molecule has 1 aromatic rings. The molecule has 0 saturated carbocycles. The number of hydrogen-bond acceptors (Lipinski definition) is 4. The highest BCUT2D eigenvalue weighted by Gasteiger charge is 2.26. The van der Waals surface area contributed by atoms with Crippen LogP contribution in [0, 0.1) is 23.0 Å². The molecule has 1 aliphatic heterocycles. The SMILES string of the molecule is Cc1cc([N+](=O)[O-])ccc1CN1CC(C)C(N)C1. The van der Waals surface area contributed by atoms with Gasteiger partial charge in [-0.05, 0) is 24.0 Å². The molecule has 5 heteroatoms. The van der Waals surface area contributed by atoms with E-state index in [-0.39, 0.29) is 16.7 Å². The average Bonchev–Trinajstić information content (AvgIpc) is 2.61. The zero-order valence-corrected chi connectivity index (χ0v) is 10.8. The zero-order chi connectivity index (χ0) is 13.3. The molecule has 1 saturated heterocycles. The molecule has 18 heavy (non-hydrogen) atoms. The number of benzene rings is 1. The molecule has 2 N–H and O–H groups in total. The number of non-ortho nitro benzene ring substituents is 1. The Labute approximate surface area is 107 Å². The molecule has 98 valence electrons. The second kappa shape index (κ2) is 5.04. The summed E-state index contributed by atoms with van der Waals surface area (Å²) in [7, 11) is 0. The third kappa shape index (κ3) is 2.68. The zero-order valence-electron chi connectivity index (χ0n) is 10.8. The lowest BCUT2D eigenvalue weighted by Crippen LogP contribution is -2.28. The minimum absolute atomic E-state index is 0.155.